The maximum absolute atomic E-state index is 13.9. The normalized spacial score (nSPS) is 11.4. The zero-order valence-electron chi connectivity index (χ0n) is 15.2. The van der Waals surface area contributed by atoms with Crippen LogP contribution in [0.4, 0.5) is 27.9 Å². The van der Waals surface area contributed by atoms with Gasteiger partial charge in [0.15, 0.2) is 11.6 Å². The molecule has 2 aromatic carbocycles. The minimum absolute atomic E-state index is 0.0163. The number of H-pyrrole nitrogens is 1. The number of nitrogens with zero attached hydrogens (tertiary/aromatic N) is 3. The van der Waals surface area contributed by atoms with E-state index in [1.54, 1.807) is 36.4 Å². The number of hydrazone groups is 1. The van der Waals surface area contributed by atoms with E-state index in [9.17, 15) is 32.0 Å². The summed E-state index contributed by atoms with van der Waals surface area (Å²) in [6.07, 6.45) is -4.74. The molecule has 0 bridgehead atoms. The van der Waals surface area contributed by atoms with E-state index in [-0.39, 0.29) is 17.2 Å². The number of hydrogen-bond donors (Lipinski definition) is 2. The first-order chi connectivity index (χ1) is 14.7. The van der Waals surface area contributed by atoms with Crippen molar-refractivity contribution in [3.63, 3.8) is 0 Å². The van der Waals surface area contributed by atoms with Gasteiger partial charge in [-0.2, -0.15) is 10.4 Å². The first-order valence-corrected chi connectivity index (χ1v) is 8.32. The van der Waals surface area contributed by atoms with Crippen molar-refractivity contribution in [2.75, 3.05) is 5.43 Å². The van der Waals surface area contributed by atoms with Crippen LogP contribution in [0.2, 0.25) is 0 Å². The van der Waals surface area contributed by atoms with Gasteiger partial charge in [0.2, 0.25) is 5.95 Å². The highest BCUT2D eigenvalue weighted by molar-refractivity contribution is 5.84. The van der Waals surface area contributed by atoms with E-state index in [1.165, 1.54) is 0 Å². The maximum atomic E-state index is 13.9. The fourth-order valence-corrected chi connectivity index (χ4v) is 2.48. The average molecular weight is 435 g/mol. The molecule has 0 unspecified atom stereocenters. The van der Waals surface area contributed by atoms with E-state index in [1.807, 2.05) is 0 Å². The van der Waals surface area contributed by atoms with Gasteiger partial charge in [-0.3, -0.25) is 9.78 Å². The van der Waals surface area contributed by atoms with Crippen LogP contribution in [-0.4, -0.2) is 22.5 Å². The number of aromatic nitrogens is 2. The minimum atomic E-state index is -5.27. The van der Waals surface area contributed by atoms with E-state index in [0.29, 0.717) is 23.9 Å². The SMILES string of the molecule is N#Cc1c(-c2ccccc2)nc(NN=Cc2c(F)ccc(F)c2OC(F)(F)F)[nH]c1=O. The lowest BCUT2D eigenvalue weighted by Crippen LogP contribution is -2.19. The molecule has 0 saturated heterocycles. The third-order valence-corrected chi connectivity index (χ3v) is 3.76. The number of halogens is 5. The number of alkyl halides is 3. The number of aromatic amines is 1. The highest BCUT2D eigenvalue weighted by Gasteiger charge is 2.34. The summed E-state index contributed by atoms with van der Waals surface area (Å²) in [7, 11) is 0. The van der Waals surface area contributed by atoms with Gasteiger partial charge in [-0.1, -0.05) is 30.3 Å². The molecule has 0 aliphatic carbocycles. The van der Waals surface area contributed by atoms with Crippen LogP contribution in [0.1, 0.15) is 11.1 Å². The molecule has 7 nitrogen and oxygen atoms in total. The van der Waals surface area contributed by atoms with Gasteiger partial charge >= 0.3 is 6.36 Å². The standard InChI is InChI=1S/C19H10F5N5O2/c20-13-6-7-14(21)16(31-19(22,23)24)12(13)9-26-29-18-27-15(10-4-2-1-3-5-10)11(8-25)17(30)28-18/h1-7,9H,(H2,27,28,29,30). The summed E-state index contributed by atoms with van der Waals surface area (Å²) in [5.74, 6) is -4.41. The number of hydrogen-bond acceptors (Lipinski definition) is 6. The van der Waals surface area contributed by atoms with Crippen LogP contribution in [0, 0.1) is 23.0 Å². The van der Waals surface area contributed by atoms with Crippen LogP contribution in [0.25, 0.3) is 11.3 Å². The Morgan fingerprint density at radius 1 is 1.13 bits per heavy atom. The Kier molecular flexibility index (Phi) is 5.96. The average Bonchev–Trinajstić information content (AvgIpc) is 2.72. The van der Waals surface area contributed by atoms with Gasteiger partial charge in [-0.05, 0) is 12.1 Å². The molecule has 1 aromatic heterocycles. The van der Waals surface area contributed by atoms with E-state index in [2.05, 4.69) is 25.2 Å². The fourth-order valence-electron chi connectivity index (χ4n) is 2.48. The molecule has 1 heterocycles. The molecule has 0 aliphatic rings. The second-order valence-electron chi connectivity index (χ2n) is 5.81. The highest BCUT2D eigenvalue weighted by Crippen LogP contribution is 2.30. The second-order valence-corrected chi connectivity index (χ2v) is 5.81. The van der Waals surface area contributed by atoms with Gasteiger partial charge < -0.3 is 4.74 Å². The van der Waals surface area contributed by atoms with Crippen molar-refractivity contribution in [1.82, 2.24) is 9.97 Å². The van der Waals surface area contributed by atoms with Crippen LogP contribution >= 0.6 is 0 Å². The lowest BCUT2D eigenvalue weighted by Gasteiger charge is -2.12. The molecule has 158 valence electrons. The Morgan fingerprint density at radius 2 is 1.81 bits per heavy atom. The quantitative estimate of drug-likeness (QED) is 0.359. The number of nitrogens with one attached hydrogen (secondary N) is 2. The van der Waals surface area contributed by atoms with E-state index < -0.39 is 34.9 Å². The summed E-state index contributed by atoms with van der Waals surface area (Å²) in [6, 6.07) is 11.0. The molecule has 0 saturated carbocycles. The smallest absolute Gasteiger partial charge is 0.402 e. The summed E-state index contributed by atoms with van der Waals surface area (Å²) in [4.78, 5) is 18.4. The van der Waals surface area contributed by atoms with Crippen molar-refractivity contribution < 1.29 is 26.7 Å². The predicted octanol–water partition coefficient (Wildman–Crippen LogP) is 3.93. The van der Waals surface area contributed by atoms with Gasteiger partial charge in [0.05, 0.1) is 17.5 Å². The van der Waals surface area contributed by atoms with E-state index in [0.717, 1.165) is 0 Å². The molecule has 3 aromatic rings. The highest BCUT2D eigenvalue weighted by atomic mass is 19.4. The van der Waals surface area contributed by atoms with Crippen LogP contribution in [0.3, 0.4) is 0 Å². The molecule has 0 atom stereocenters. The minimum Gasteiger partial charge on any atom is -0.402 e. The molecule has 0 amide bonds. The van der Waals surface area contributed by atoms with Crippen molar-refractivity contribution in [2.45, 2.75) is 6.36 Å². The third kappa shape index (κ3) is 5.02. The molecule has 2 N–H and O–H groups in total. The summed E-state index contributed by atoms with van der Waals surface area (Å²) >= 11 is 0. The van der Waals surface area contributed by atoms with Gasteiger partial charge in [0, 0.05) is 5.56 Å². The van der Waals surface area contributed by atoms with Crippen LogP contribution in [-0.2, 0) is 0 Å². The molecule has 31 heavy (non-hydrogen) atoms. The molecule has 0 radical (unpaired) electrons. The van der Waals surface area contributed by atoms with E-state index >= 15 is 0 Å². The Labute approximate surface area is 170 Å². The molecule has 3 rings (SSSR count). The van der Waals surface area contributed by atoms with Crippen molar-refractivity contribution in [3.8, 4) is 23.1 Å². The largest absolute Gasteiger partial charge is 0.573 e. The fraction of sp³-hybridized carbons (Fsp3) is 0.0526. The van der Waals surface area contributed by atoms with Gasteiger partial charge in [0.1, 0.15) is 17.4 Å². The molecule has 12 heteroatoms. The molecule has 0 aliphatic heterocycles. The third-order valence-electron chi connectivity index (χ3n) is 3.76. The Balaban J connectivity index is 1.96. The zero-order chi connectivity index (χ0) is 22.6. The number of nitriles is 1. The number of rotatable bonds is 5. The summed E-state index contributed by atoms with van der Waals surface area (Å²) in [5.41, 5.74) is 0.636. The maximum Gasteiger partial charge on any atom is 0.573 e. The van der Waals surface area contributed by atoms with Crippen molar-refractivity contribution in [1.29, 1.82) is 5.26 Å². The Morgan fingerprint density at radius 3 is 2.45 bits per heavy atom. The summed E-state index contributed by atoms with van der Waals surface area (Å²) in [5, 5.41) is 12.7. The first kappa shape index (κ1) is 21.4. The van der Waals surface area contributed by atoms with E-state index in [4.69, 9.17) is 0 Å². The van der Waals surface area contributed by atoms with Crippen molar-refractivity contribution >= 4 is 12.2 Å². The second kappa shape index (κ2) is 8.62. The topological polar surface area (TPSA) is 103 Å². The first-order valence-electron chi connectivity index (χ1n) is 8.32. The van der Waals surface area contributed by atoms with Crippen molar-refractivity contribution in [3.05, 3.63) is 75.6 Å². The van der Waals surface area contributed by atoms with Gasteiger partial charge in [0.25, 0.3) is 5.56 Å². The number of ether oxygens (including phenoxy) is 1. The van der Waals surface area contributed by atoms with Crippen LogP contribution in [0.5, 0.6) is 5.75 Å². The van der Waals surface area contributed by atoms with Crippen molar-refractivity contribution in [2.24, 2.45) is 5.10 Å². The molecule has 0 fully saturated rings. The molecular formula is C19H10F5N5O2. The Hall–Kier alpha value is -4.27. The lowest BCUT2D eigenvalue weighted by molar-refractivity contribution is -0.275. The van der Waals surface area contributed by atoms with Crippen LogP contribution in [0.15, 0.2) is 52.4 Å². The lowest BCUT2D eigenvalue weighted by atomic mass is 10.1. The number of benzene rings is 2. The number of anilines is 1. The monoisotopic (exact) mass is 435 g/mol. The van der Waals surface area contributed by atoms with Gasteiger partial charge in [-0.15, -0.1) is 13.2 Å². The Bertz CT molecular complexity index is 1230. The summed E-state index contributed by atoms with van der Waals surface area (Å²) in [6.45, 7) is 0. The molecule has 0 spiro atoms. The summed E-state index contributed by atoms with van der Waals surface area (Å²) < 4.78 is 68.7. The zero-order valence-corrected chi connectivity index (χ0v) is 15.2. The van der Waals surface area contributed by atoms with Gasteiger partial charge in [-0.25, -0.2) is 19.2 Å². The molecular weight excluding hydrogens is 425 g/mol. The van der Waals surface area contributed by atoms with Crippen LogP contribution < -0.4 is 15.7 Å². The predicted molar refractivity (Wildman–Crippen MR) is 99.3 cm³/mol.